The molecule has 0 aliphatic carbocycles. The van der Waals surface area contributed by atoms with Gasteiger partial charge in [0.05, 0.1) is 44.8 Å². The van der Waals surface area contributed by atoms with Crippen molar-refractivity contribution < 1.29 is 28.2 Å². The van der Waals surface area contributed by atoms with Crippen LogP contribution >= 0.6 is 0 Å². The van der Waals surface area contributed by atoms with E-state index in [1.54, 1.807) is 12.1 Å². The second-order valence-corrected chi connectivity index (χ2v) is 9.23. The van der Waals surface area contributed by atoms with Crippen LogP contribution in [0.2, 0.25) is 0 Å². The Morgan fingerprint density at radius 3 is 2.66 bits per heavy atom. The van der Waals surface area contributed by atoms with Crippen molar-refractivity contribution in [2.45, 2.75) is 31.8 Å². The molecule has 0 spiro atoms. The van der Waals surface area contributed by atoms with E-state index in [4.69, 9.17) is 18.3 Å². The second kappa shape index (κ2) is 10.5. The largest absolute Gasteiger partial charge is 0.502 e. The van der Waals surface area contributed by atoms with Crippen LogP contribution in [0.15, 0.2) is 73.2 Å². The fourth-order valence-corrected chi connectivity index (χ4v) is 4.87. The Morgan fingerprint density at radius 1 is 1.11 bits per heavy atom. The zero-order valence-electron chi connectivity index (χ0n) is 21.1. The lowest BCUT2D eigenvalue weighted by Crippen LogP contribution is -2.30. The summed E-state index contributed by atoms with van der Waals surface area (Å²) in [5.74, 6) is -1.87. The number of benzene rings is 2. The van der Waals surface area contributed by atoms with Crippen LogP contribution in [0, 0.1) is 0 Å². The summed E-state index contributed by atoms with van der Waals surface area (Å²) in [7, 11) is 2.69. The van der Waals surface area contributed by atoms with Gasteiger partial charge in [-0.15, -0.1) is 0 Å². The first-order valence-electron chi connectivity index (χ1n) is 12.2. The minimum absolute atomic E-state index is 0.0404. The Hall–Kier alpha value is -4.37. The van der Waals surface area contributed by atoms with Crippen LogP contribution in [0.25, 0.3) is 11.0 Å². The van der Waals surface area contributed by atoms with Crippen LogP contribution in [0.3, 0.4) is 0 Å². The number of aromatic hydroxyl groups is 1. The van der Waals surface area contributed by atoms with E-state index in [1.807, 2.05) is 12.1 Å². The number of hydrogen-bond donors (Lipinski definition) is 1. The minimum atomic E-state index is -1.12. The normalized spacial score (nSPS) is 14.2. The molecule has 0 amide bonds. The molecule has 1 aliphatic heterocycles. The molecule has 3 heterocycles. The summed E-state index contributed by atoms with van der Waals surface area (Å²) in [6, 6.07) is 14.2. The highest BCUT2D eigenvalue weighted by molar-refractivity contribution is 5.79. The first-order valence-corrected chi connectivity index (χ1v) is 12.2. The van der Waals surface area contributed by atoms with Crippen LogP contribution in [-0.4, -0.2) is 36.7 Å². The fourth-order valence-electron chi connectivity index (χ4n) is 4.87. The van der Waals surface area contributed by atoms with Crippen molar-refractivity contribution in [3.63, 3.8) is 0 Å². The molecule has 4 aromatic rings. The van der Waals surface area contributed by atoms with Gasteiger partial charge in [-0.3, -0.25) is 19.3 Å². The molecule has 0 saturated carbocycles. The molecular weight excluding hydrogens is 490 g/mol. The van der Waals surface area contributed by atoms with Gasteiger partial charge >= 0.3 is 5.97 Å². The molecule has 1 aliphatic rings. The molecule has 5 rings (SSSR count). The van der Waals surface area contributed by atoms with E-state index in [2.05, 4.69) is 17.0 Å². The predicted molar refractivity (Wildman–Crippen MR) is 138 cm³/mol. The summed E-state index contributed by atoms with van der Waals surface area (Å²) in [5, 5.41) is 11.0. The zero-order chi connectivity index (χ0) is 26.8. The van der Waals surface area contributed by atoms with E-state index < -0.39 is 28.5 Å². The molecule has 2 aromatic carbocycles. The average Bonchev–Trinajstić information content (AvgIpc) is 2.94. The number of methoxy groups -OCH3 is 2. The van der Waals surface area contributed by atoms with Gasteiger partial charge in [0.25, 0.3) is 0 Å². The Labute approximate surface area is 217 Å². The van der Waals surface area contributed by atoms with Crippen LogP contribution in [0.4, 0.5) is 0 Å². The standard InChI is InChI=1S/C29H27NO8/c1-35-19-7-8-25-22(11-19)27(33)23(16-37-25)21(13-26(32)36-2)29-28(34)24(31)12-20(38-29)15-30-10-9-17-5-3-4-6-18(17)14-30/h3-8,11-12,16,21,34H,9-10,13-15H2,1-2H3/t21-/m1/s1. The highest BCUT2D eigenvalue weighted by Crippen LogP contribution is 2.33. The zero-order valence-corrected chi connectivity index (χ0v) is 21.1. The Kier molecular flexibility index (Phi) is 7.02. The lowest BCUT2D eigenvalue weighted by molar-refractivity contribution is -0.140. The third kappa shape index (κ3) is 4.92. The van der Waals surface area contributed by atoms with Gasteiger partial charge in [-0.1, -0.05) is 24.3 Å². The molecule has 1 N–H and O–H groups in total. The van der Waals surface area contributed by atoms with Crippen molar-refractivity contribution in [1.82, 2.24) is 4.90 Å². The highest BCUT2D eigenvalue weighted by atomic mass is 16.5. The van der Waals surface area contributed by atoms with E-state index in [-0.39, 0.29) is 23.1 Å². The highest BCUT2D eigenvalue weighted by Gasteiger charge is 2.30. The van der Waals surface area contributed by atoms with Crippen molar-refractivity contribution in [2.75, 3.05) is 20.8 Å². The van der Waals surface area contributed by atoms with E-state index >= 15 is 0 Å². The summed E-state index contributed by atoms with van der Waals surface area (Å²) in [5.41, 5.74) is 1.74. The maximum absolute atomic E-state index is 13.5. The molecule has 38 heavy (non-hydrogen) atoms. The molecule has 0 unspecified atom stereocenters. The summed E-state index contributed by atoms with van der Waals surface area (Å²) in [4.78, 5) is 40.8. The lowest BCUT2D eigenvalue weighted by Gasteiger charge is -2.28. The summed E-state index contributed by atoms with van der Waals surface area (Å²) >= 11 is 0. The number of nitrogens with zero attached hydrogens (tertiary/aromatic N) is 1. The first-order chi connectivity index (χ1) is 18.4. The number of carbonyl (C=O) groups excluding carboxylic acids is 1. The number of fused-ring (bicyclic) bond motifs is 2. The quantitative estimate of drug-likeness (QED) is 0.366. The van der Waals surface area contributed by atoms with Crippen molar-refractivity contribution in [3.05, 3.63) is 103 Å². The van der Waals surface area contributed by atoms with E-state index in [1.165, 1.54) is 43.7 Å². The third-order valence-corrected chi connectivity index (χ3v) is 6.89. The van der Waals surface area contributed by atoms with Crippen molar-refractivity contribution in [3.8, 4) is 11.5 Å². The van der Waals surface area contributed by atoms with Crippen molar-refractivity contribution in [1.29, 1.82) is 0 Å². The van der Waals surface area contributed by atoms with Gasteiger partial charge in [0, 0.05) is 24.7 Å². The van der Waals surface area contributed by atoms with E-state index in [9.17, 15) is 19.5 Å². The number of ether oxygens (including phenoxy) is 2. The summed E-state index contributed by atoms with van der Waals surface area (Å²) in [6.07, 6.45) is 1.73. The smallest absolute Gasteiger partial charge is 0.306 e. The average molecular weight is 518 g/mol. The number of carbonyl (C=O) groups is 1. The third-order valence-electron chi connectivity index (χ3n) is 6.89. The monoisotopic (exact) mass is 517 g/mol. The Bertz CT molecular complexity index is 1620. The molecule has 9 heteroatoms. The molecule has 0 bridgehead atoms. The number of hydrogen-bond acceptors (Lipinski definition) is 9. The van der Waals surface area contributed by atoms with Gasteiger partial charge < -0.3 is 23.4 Å². The van der Waals surface area contributed by atoms with Gasteiger partial charge in [0.1, 0.15) is 17.1 Å². The maximum Gasteiger partial charge on any atom is 0.306 e. The SMILES string of the molecule is COC(=O)C[C@@H](c1oc(CN2CCc3ccccc3C2)cc(=O)c1O)c1coc2ccc(OC)cc2c1=O. The van der Waals surface area contributed by atoms with Crippen LogP contribution in [0.1, 0.15) is 40.5 Å². The summed E-state index contributed by atoms with van der Waals surface area (Å²) < 4.78 is 21.8. The lowest BCUT2D eigenvalue weighted by atomic mass is 9.92. The van der Waals surface area contributed by atoms with Gasteiger partial charge in [-0.05, 0) is 35.7 Å². The molecule has 0 radical (unpaired) electrons. The van der Waals surface area contributed by atoms with Crippen LogP contribution in [0.5, 0.6) is 11.5 Å². The number of esters is 1. The van der Waals surface area contributed by atoms with Gasteiger partial charge in [0.2, 0.25) is 11.2 Å². The second-order valence-electron chi connectivity index (χ2n) is 9.23. The first kappa shape index (κ1) is 25.3. The molecule has 0 saturated heterocycles. The number of rotatable bonds is 7. The van der Waals surface area contributed by atoms with Gasteiger partial charge in [0.15, 0.2) is 11.2 Å². The van der Waals surface area contributed by atoms with Crippen molar-refractivity contribution >= 4 is 16.9 Å². The van der Waals surface area contributed by atoms with Crippen LogP contribution in [-0.2, 0) is 29.0 Å². The van der Waals surface area contributed by atoms with E-state index in [0.717, 1.165) is 13.0 Å². The molecule has 2 aromatic heterocycles. The summed E-state index contributed by atoms with van der Waals surface area (Å²) in [6.45, 7) is 1.75. The van der Waals surface area contributed by atoms with E-state index in [0.29, 0.717) is 30.2 Å². The van der Waals surface area contributed by atoms with Crippen LogP contribution < -0.4 is 15.6 Å². The Balaban J connectivity index is 1.56. The van der Waals surface area contributed by atoms with Crippen molar-refractivity contribution in [2.24, 2.45) is 0 Å². The topological polar surface area (TPSA) is 119 Å². The molecular formula is C29H27NO8. The predicted octanol–water partition coefficient (Wildman–Crippen LogP) is 3.71. The molecule has 0 fully saturated rings. The molecule has 196 valence electrons. The molecule has 9 nitrogen and oxygen atoms in total. The Morgan fingerprint density at radius 2 is 1.89 bits per heavy atom. The van der Waals surface area contributed by atoms with Gasteiger partial charge in [-0.25, -0.2) is 0 Å². The maximum atomic E-state index is 13.5. The fraction of sp³-hybridized carbons (Fsp3) is 0.276. The van der Waals surface area contributed by atoms with Gasteiger partial charge in [-0.2, -0.15) is 0 Å². The molecule has 1 atom stereocenters. The minimum Gasteiger partial charge on any atom is -0.502 e.